The summed E-state index contributed by atoms with van der Waals surface area (Å²) in [6.07, 6.45) is 1.96. The molecule has 0 bridgehead atoms. The first-order valence-electron chi connectivity index (χ1n) is 6.40. The maximum Gasteiger partial charge on any atom is 0.211 e. The van der Waals surface area contributed by atoms with E-state index < -0.39 is 10.0 Å². The Bertz CT molecular complexity index is 477. The van der Waals surface area contributed by atoms with Gasteiger partial charge in [-0.2, -0.15) is 0 Å². The van der Waals surface area contributed by atoms with Crippen molar-refractivity contribution in [2.45, 2.75) is 19.3 Å². The highest BCUT2D eigenvalue weighted by Crippen LogP contribution is 2.04. The topological polar surface area (TPSA) is 58.2 Å². The normalized spacial score (nSPS) is 11.7. The van der Waals surface area contributed by atoms with Crippen molar-refractivity contribution in [1.29, 1.82) is 0 Å². The second kappa shape index (κ2) is 8.24. The molecule has 0 atom stereocenters. The zero-order chi connectivity index (χ0) is 14.1. The third-order valence-corrected chi connectivity index (χ3v) is 4.18. The Hall–Kier alpha value is -0.980. The number of nitrogens with one attached hydrogen (secondary N) is 2. The Morgan fingerprint density at radius 2 is 2.00 bits per heavy atom. The first-order valence-corrected chi connectivity index (χ1v) is 8.05. The van der Waals surface area contributed by atoms with Gasteiger partial charge in [-0.25, -0.2) is 17.5 Å². The molecular formula is C13H21FN2O2S. The van der Waals surface area contributed by atoms with E-state index in [2.05, 4.69) is 10.0 Å². The first kappa shape index (κ1) is 16.1. The summed E-state index contributed by atoms with van der Waals surface area (Å²) >= 11 is 0. The van der Waals surface area contributed by atoms with E-state index in [1.165, 1.54) is 12.1 Å². The second-order valence-corrected chi connectivity index (χ2v) is 6.33. The highest BCUT2D eigenvalue weighted by Gasteiger charge is 2.08. The van der Waals surface area contributed by atoms with Crippen LogP contribution in [-0.2, 0) is 16.4 Å². The van der Waals surface area contributed by atoms with Crippen molar-refractivity contribution in [2.24, 2.45) is 0 Å². The van der Waals surface area contributed by atoms with E-state index in [1.807, 2.05) is 7.05 Å². The van der Waals surface area contributed by atoms with Crippen molar-refractivity contribution in [3.8, 4) is 0 Å². The predicted molar refractivity (Wildman–Crippen MR) is 75.1 cm³/mol. The van der Waals surface area contributed by atoms with Crippen molar-refractivity contribution in [3.05, 3.63) is 35.6 Å². The van der Waals surface area contributed by atoms with Gasteiger partial charge in [0.1, 0.15) is 5.82 Å². The van der Waals surface area contributed by atoms with E-state index in [-0.39, 0.29) is 11.6 Å². The molecule has 4 nitrogen and oxygen atoms in total. The monoisotopic (exact) mass is 288 g/mol. The van der Waals surface area contributed by atoms with Crippen LogP contribution in [-0.4, -0.2) is 34.3 Å². The second-order valence-electron chi connectivity index (χ2n) is 4.40. The van der Waals surface area contributed by atoms with Gasteiger partial charge in [-0.3, -0.25) is 0 Å². The minimum Gasteiger partial charge on any atom is -0.320 e. The van der Waals surface area contributed by atoms with Gasteiger partial charge < -0.3 is 5.32 Å². The van der Waals surface area contributed by atoms with Crippen molar-refractivity contribution < 1.29 is 12.8 Å². The van der Waals surface area contributed by atoms with E-state index in [4.69, 9.17) is 0 Å². The molecule has 0 fully saturated rings. The van der Waals surface area contributed by atoms with Gasteiger partial charge in [-0.05, 0) is 50.6 Å². The summed E-state index contributed by atoms with van der Waals surface area (Å²) in [7, 11) is -1.37. The molecule has 19 heavy (non-hydrogen) atoms. The summed E-state index contributed by atoms with van der Waals surface area (Å²) in [5.41, 5.74) is 0.790. The minimum absolute atomic E-state index is 0.137. The lowest BCUT2D eigenvalue weighted by Gasteiger charge is -2.07. The average molecular weight is 288 g/mol. The zero-order valence-electron chi connectivity index (χ0n) is 11.2. The molecule has 0 saturated carbocycles. The summed E-state index contributed by atoms with van der Waals surface area (Å²) in [5, 5.41) is 2.97. The van der Waals surface area contributed by atoms with E-state index in [0.717, 1.165) is 18.5 Å². The van der Waals surface area contributed by atoms with Crippen LogP contribution in [0.4, 0.5) is 4.39 Å². The Labute approximate surface area is 114 Å². The Morgan fingerprint density at radius 3 is 2.68 bits per heavy atom. The molecule has 1 aromatic rings. The van der Waals surface area contributed by atoms with Crippen molar-refractivity contribution in [1.82, 2.24) is 10.0 Å². The van der Waals surface area contributed by atoms with Gasteiger partial charge in [0.2, 0.25) is 10.0 Å². The van der Waals surface area contributed by atoms with E-state index >= 15 is 0 Å². The van der Waals surface area contributed by atoms with E-state index in [1.54, 1.807) is 12.1 Å². The molecule has 108 valence electrons. The number of rotatable bonds is 9. The van der Waals surface area contributed by atoms with Crippen LogP contribution in [0.25, 0.3) is 0 Å². The van der Waals surface area contributed by atoms with Crippen LogP contribution in [0.2, 0.25) is 0 Å². The molecule has 0 radical (unpaired) electrons. The molecule has 2 N–H and O–H groups in total. The van der Waals surface area contributed by atoms with Gasteiger partial charge in [0.05, 0.1) is 5.75 Å². The lowest BCUT2D eigenvalue weighted by molar-refractivity contribution is 0.575. The molecular weight excluding hydrogens is 267 g/mol. The third kappa shape index (κ3) is 7.25. The molecule has 1 rings (SSSR count). The van der Waals surface area contributed by atoms with E-state index in [0.29, 0.717) is 19.4 Å². The van der Waals surface area contributed by atoms with Crippen LogP contribution in [0.3, 0.4) is 0 Å². The molecule has 0 heterocycles. The fourth-order valence-electron chi connectivity index (χ4n) is 1.71. The standard InChI is InChI=1S/C13H21FN2O2S/c1-15-8-2-3-10-19(17,18)16-9-7-12-5-4-6-13(14)11-12/h4-6,11,15-16H,2-3,7-10H2,1H3. The zero-order valence-corrected chi connectivity index (χ0v) is 12.0. The van der Waals surface area contributed by atoms with Gasteiger partial charge in [-0.15, -0.1) is 0 Å². The van der Waals surface area contributed by atoms with E-state index in [9.17, 15) is 12.8 Å². The third-order valence-electron chi connectivity index (χ3n) is 2.71. The SMILES string of the molecule is CNCCCCS(=O)(=O)NCCc1cccc(F)c1. The molecule has 0 aliphatic heterocycles. The van der Waals surface area contributed by atoms with Crippen LogP contribution in [0.5, 0.6) is 0 Å². The fraction of sp³-hybridized carbons (Fsp3) is 0.538. The summed E-state index contributed by atoms with van der Waals surface area (Å²) in [6, 6.07) is 6.19. The summed E-state index contributed by atoms with van der Waals surface area (Å²) < 4.78 is 38.7. The molecule has 0 unspecified atom stereocenters. The summed E-state index contributed by atoms with van der Waals surface area (Å²) in [5.74, 6) is -0.162. The van der Waals surface area contributed by atoms with Crippen LogP contribution in [0, 0.1) is 5.82 Å². The van der Waals surface area contributed by atoms with Gasteiger partial charge in [0, 0.05) is 6.54 Å². The highest BCUT2D eigenvalue weighted by atomic mass is 32.2. The Morgan fingerprint density at radius 1 is 1.21 bits per heavy atom. The van der Waals surface area contributed by atoms with Gasteiger partial charge >= 0.3 is 0 Å². The number of hydrogen-bond acceptors (Lipinski definition) is 3. The summed E-state index contributed by atoms with van der Waals surface area (Å²) in [6.45, 7) is 1.12. The van der Waals surface area contributed by atoms with Crippen LogP contribution in [0.15, 0.2) is 24.3 Å². The van der Waals surface area contributed by atoms with Crippen LogP contribution in [0.1, 0.15) is 18.4 Å². The molecule has 0 aliphatic carbocycles. The quantitative estimate of drug-likeness (QED) is 0.673. The molecule has 0 spiro atoms. The molecule has 0 amide bonds. The lowest BCUT2D eigenvalue weighted by Crippen LogP contribution is -2.28. The minimum atomic E-state index is -3.21. The predicted octanol–water partition coefficient (Wildman–Crippen LogP) is 1.29. The van der Waals surface area contributed by atoms with Crippen molar-refractivity contribution in [3.63, 3.8) is 0 Å². The van der Waals surface area contributed by atoms with Gasteiger partial charge in [0.25, 0.3) is 0 Å². The highest BCUT2D eigenvalue weighted by molar-refractivity contribution is 7.89. The maximum absolute atomic E-state index is 12.9. The Balaban J connectivity index is 2.27. The number of unbranched alkanes of at least 4 members (excludes halogenated alkanes) is 1. The molecule has 1 aromatic carbocycles. The van der Waals surface area contributed by atoms with Gasteiger partial charge in [0.15, 0.2) is 0 Å². The van der Waals surface area contributed by atoms with Crippen molar-refractivity contribution >= 4 is 10.0 Å². The lowest BCUT2D eigenvalue weighted by atomic mass is 10.1. The number of halogens is 1. The summed E-state index contributed by atoms with van der Waals surface area (Å²) in [4.78, 5) is 0. The number of sulfonamides is 1. The van der Waals surface area contributed by atoms with Crippen LogP contribution < -0.4 is 10.0 Å². The molecule has 0 aliphatic rings. The smallest absolute Gasteiger partial charge is 0.211 e. The van der Waals surface area contributed by atoms with Crippen molar-refractivity contribution in [2.75, 3.05) is 25.9 Å². The number of hydrogen-bond donors (Lipinski definition) is 2. The fourth-order valence-corrected chi connectivity index (χ4v) is 2.85. The molecule has 6 heteroatoms. The number of benzene rings is 1. The average Bonchev–Trinajstić information content (AvgIpc) is 2.35. The Kier molecular flexibility index (Phi) is 6.97. The van der Waals surface area contributed by atoms with Gasteiger partial charge in [-0.1, -0.05) is 12.1 Å². The molecule has 0 saturated heterocycles. The largest absolute Gasteiger partial charge is 0.320 e. The van der Waals surface area contributed by atoms with Crippen LogP contribution >= 0.6 is 0 Å². The first-order chi connectivity index (χ1) is 9.03. The maximum atomic E-state index is 12.9. The molecule has 0 aromatic heterocycles.